The second kappa shape index (κ2) is 14.0. The van der Waals surface area contributed by atoms with Crippen molar-refractivity contribution in [2.24, 2.45) is 0 Å². The van der Waals surface area contributed by atoms with E-state index in [0.717, 1.165) is 25.8 Å². The first-order valence-electron chi connectivity index (χ1n) is 8.33. The van der Waals surface area contributed by atoms with Gasteiger partial charge in [-0.3, -0.25) is 4.79 Å². The van der Waals surface area contributed by atoms with Crippen LogP contribution < -0.4 is 0 Å². The molecule has 0 bridgehead atoms. The van der Waals surface area contributed by atoms with E-state index < -0.39 is 0 Å². The fourth-order valence-corrected chi connectivity index (χ4v) is 2.28. The molecule has 0 fully saturated rings. The minimum absolute atomic E-state index is 0.438. The van der Waals surface area contributed by atoms with Crippen LogP contribution in [-0.2, 0) is 4.79 Å². The summed E-state index contributed by atoms with van der Waals surface area (Å²) in [5, 5.41) is 0. The molecular formula is C17H35NO. The average Bonchev–Trinajstić information content (AvgIpc) is 2.38. The summed E-state index contributed by atoms with van der Waals surface area (Å²) in [6.45, 7) is 3.16. The first-order chi connectivity index (χ1) is 9.16. The largest absolute Gasteiger partial charge is 0.309 e. The van der Waals surface area contributed by atoms with Gasteiger partial charge in [-0.05, 0) is 20.5 Å². The molecule has 0 unspecified atom stereocenters. The Morgan fingerprint density at radius 1 is 0.737 bits per heavy atom. The predicted molar refractivity (Wildman–Crippen MR) is 84.6 cm³/mol. The zero-order valence-electron chi connectivity index (χ0n) is 13.5. The number of ketones is 1. The Hall–Kier alpha value is -0.370. The Kier molecular flexibility index (Phi) is 13.8. The van der Waals surface area contributed by atoms with Crippen LogP contribution in [0.25, 0.3) is 0 Å². The van der Waals surface area contributed by atoms with Crippen LogP contribution in [0.1, 0.15) is 84.0 Å². The van der Waals surface area contributed by atoms with Crippen LogP contribution in [-0.4, -0.2) is 31.3 Å². The van der Waals surface area contributed by atoms with Gasteiger partial charge >= 0.3 is 0 Å². The van der Waals surface area contributed by atoms with Crippen molar-refractivity contribution in [2.75, 3.05) is 20.6 Å². The molecule has 0 aliphatic rings. The highest BCUT2D eigenvalue weighted by atomic mass is 16.1. The third-order valence-electron chi connectivity index (χ3n) is 3.65. The SMILES string of the molecule is CCCCCCCCCCCCC(=O)CCN(C)C. The van der Waals surface area contributed by atoms with Crippen LogP contribution in [0.15, 0.2) is 0 Å². The van der Waals surface area contributed by atoms with Gasteiger partial charge < -0.3 is 4.90 Å². The molecule has 0 aromatic heterocycles. The van der Waals surface area contributed by atoms with E-state index in [4.69, 9.17) is 0 Å². The van der Waals surface area contributed by atoms with E-state index in [2.05, 4.69) is 11.8 Å². The van der Waals surface area contributed by atoms with Crippen molar-refractivity contribution in [3.63, 3.8) is 0 Å². The molecule has 2 nitrogen and oxygen atoms in total. The van der Waals surface area contributed by atoms with Gasteiger partial charge in [0, 0.05) is 19.4 Å². The predicted octanol–water partition coefficient (Wildman–Crippen LogP) is 4.82. The summed E-state index contributed by atoms with van der Waals surface area (Å²) >= 11 is 0. The topological polar surface area (TPSA) is 20.3 Å². The normalized spacial score (nSPS) is 11.2. The minimum atomic E-state index is 0.438. The standard InChI is InChI=1S/C17H35NO/c1-4-5-6-7-8-9-10-11-12-13-14-17(19)15-16-18(2)3/h4-16H2,1-3H3. The summed E-state index contributed by atoms with van der Waals surface area (Å²) < 4.78 is 0. The van der Waals surface area contributed by atoms with E-state index in [0.29, 0.717) is 5.78 Å². The molecular weight excluding hydrogens is 234 g/mol. The number of hydrogen-bond donors (Lipinski definition) is 0. The number of carbonyl (C=O) groups excluding carboxylic acids is 1. The Bertz CT molecular complexity index is 201. The first-order valence-corrected chi connectivity index (χ1v) is 8.33. The molecule has 0 saturated carbocycles. The molecule has 19 heavy (non-hydrogen) atoms. The van der Waals surface area contributed by atoms with E-state index >= 15 is 0 Å². The van der Waals surface area contributed by atoms with Crippen molar-refractivity contribution < 1.29 is 4.79 Å². The number of nitrogens with zero attached hydrogens (tertiary/aromatic N) is 1. The molecule has 0 aliphatic heterocycles. The summed E-state index contributed by atoms with van der Waals surface area (Å²) in [5.74, 6) is 0.438. The highest BCUT2D eigenvalue weighted by Crippen LogP contribution is 2.11. The monoisotopic (exact) mass is 269 g/mol. The number of Topliss-reactive ketones (excluding diaryl/α,β-unsaturated/α-hetero) is 1. The van der Waals surface area contributed by atoms with Gasteiger partial charge in [-0.15, -0.1) is 0 Å². The van der Waals surface area contributed by atoms with Crippen LogP contribution in [0.4, 0.5) is 0 Å². The van der Waals surface area contributed by atoms with Gasteiger partial charge in [0.05, 0.1) is 0 Å². The number of unbranched alkanes of at least 4 members (excludes halogenated alkanes) is 9. The quantitative estimate of drug-likeness (QED) is 0.421. The maximum Gasteiger partial charge on any atom is 0.134 e. The van der Waals surface area contributed by atoms with Crippen LogP contribution in [0.5, 0.6) is 0 Å². The smallest absolute Gasteiger partial charge is 0.134 e. The molecule has 2 heteroatoms. The summed E-state index contributed by atoms with van der Waals surface area (Å²) in [7, 11) is 4.04. The number of carbonyl (C=O) groups is 1. The lowest BCUT2D eigenvalue weighted by Crippen LogP contribution is -2.16. The van der Waals surface area contributed by atoms with Crippen molar-refractivity contribution in [3.05, 3.63) is 0 Å². The molecule has 0 atom stereocenters. The van der Waals surface area contributed by atoms with Gasteiger partial charge in [0.15, 0.2) is 0 Å². The van der Waals surface area contributed by atoms with Gasteiger partial charge in [-0.2, -0.15) is 0 Å². The van der Waals surface area contributed by atoms with E-state index in [1.54, 1.807) is 0 Å². The van der Waals surface area contributed by atoms with E-state index in [9.17, 15) is 4.79 Å². The summed E-state index contributed by atoms with van der Waals surface area (Å²) in [6, 6.07) is 0. The fraction of sp³-hybridized carbons (Fsp3) is 0.941. The molecule has 114 valence electrons. The van der Waals surface area contributed by atoms with E-state index in [-0.39, 0.29) is 0 Å². The van der Waals surface area contributed by atoms with Crippen LogP contribution in [0, 0.1) is 0 Å². The van der Waals surface area contributed by atoms with Crippen molar-refractivity contribution in [2.45, 2.75) is 84.0 Å². The van der Waals surface area contributed by atoms with E-state index in [1.165, 1.54) is 57.8 Å². The van der Waals surface area contributed by atoms with Crippen molar-refractivity contribution in [1.82, 2.24) is 4.90 Å². The van der Waals surface area contributed by atoms with Gasteiger partial charge in [-0.1, -0.05) is 64.7 Å². The molecule has 0 aliphatic carbocycles. The Labute approximate surface area is 120 Å². The first kappa shape index (κ1) is 18.6. The molecule has 0 N–H and O–H groups in total. The van der Waals surface area contributed by atoms with Crippen LogP contribution in [0.3, 0.4) is 0 Å². The maximum atomic E-state index is 11.6. The van der Waals surface area contributed by atoms with Crippen LogP contribution >= 0.6 is 0 Å². The summed E-state index contributed by atoms with van der Waals surface area (Å²) in [4.78, 5) is 13.6. The molecule has 0 aromatic rings. The second-order valence-electron chi connectivity index (χ2n) is 6.02. The lowest BCUT2D eigenvalue weighted by molar-refractivity contribution is -0.119. The third kappa shape index (κ3) is 15.6. The maximum absolute atomic E-state index is 11.6. The zero-order valence-corrected chi connectivity index (χ0v) is 13.5. The Balaban J connectivity index is 3.11. The van der Waals surface area contributed by atoms with Crippen molar-refractivity contribution in [3.8, 4) is 0 Å². The van der Waals surface area contributed by atoms with Crippen LogP contribution in [0.2, 0.25) is 0 Å². The summed E-state index contributed by atoms with van der Waals surface area (Å²) in [5.41, 5.74) is 0. The minimum Gasteiger partial charge on any atom is -0.309 e. The lowest BCUT2D eigenvalue weighted by Gasteiger charge is -2.08. The summed E-state index contributed by atoms with van der Waals surface area (Å²) in [6.07, 6.45) is 14.9. The molecule has 0 radical (unpaired) electrons. The molecule has 0 spiro atoms. The third-order valence-corrected chi connectivity index (χ3v) is 3.65. The van der Waals surface area contributed by atoms with Gasteiger partial charge in [-0.25, -0.2) is 0 Å². The number of rotatable bonds is 14. The average molecular weight is 269 g/mol. The Morgan fingerprint density at radius 3 is 1.68 bits per heavy atom. The van der Waals surface area contributed by atoms with Gasteiger partial charge in [0.25, 0.3) is 0 Å². The Morgan fingerprint density at radius 2 is 1.21 bits per heavy atom. The van der Waals surface area contributed by atoms with Crippen molar-refractivity contribution >= 4 is 5.78 Å². The van der Waals surface area contributed by atoms with Crippen molar-refractivity contribution in [1.29, 1.82) is 0 Å². The molecule has 0 saturated heterocycles. The molecule has 0 rings (SSSR count). The highest BCUT2D eigenvalue weighted by molar-refractivity contribution is 5.78. The van der Waals surface area contributed by atoms with Gasteiger partial charge in [0.2, 0.25) is 0 Å². The highest BCUT2D eigenvalue weighted by Gasteiger charge is 2.02. The molecule has 0 aromatic carbocycles. The lowest BCUT2D eigenvalue weighted by atomic mass is 10.0. The fourth-order valence-electron chi connectivity index (χ4n) is 2.28. The van der Waals surface area contributed by atoms with Gasteiger partial charge in [0.1, 0.15) is 5.78 Å². The molecule has 0 heterocycles. The zero-order chi connectivity index (χ0) is 14.3. The second-order valence-corrected chi connectivity index (χ2v) is 6.02. The molecule has 0 amide bonds. The number of hydrogen-bond acceptors (Lipinski definition) is 2. The van der Waals surface area contributed by atoms with E-state index in [1.807, 2.05) is 14.1 Å².